The highest BCUT2D eigenvalue weighted by atomic mass is 32.2. The lowest BCUT2D eigenvalue weighted by Gasteiger charge is -2.31. The molecule has 4 atom stereocenters. The fraction of sp³-hybridized carbons (Fsp3) is 1.00. The van der Waals surface area contributed by atoms with Crippen LogP contribution in [-0.2, 0) is 4.74 Å². The van der Waals surface area contributed by atoms with Crippen molar-refractivity contribution in [3.63, 3.8) is 0 Å². The van der Waals surface area contributed by atoms with Crippen LogP contribution in [0.5, 0.6) is 0 Å². The molecule has 0 aromatic carbocycles. The van der Waals surface area contributed by atoms with Crippen LogP contribution in [0.3, 0.4) is 0 Å². The maximum absolute atomic E-state index is 5.53. The molecule has 2 saturated heterocycles. The van der Waals surface area contributed by atoms with Gasteiger partial charge in [0, 0.05) is 30.7 Å². The molecule has 5 fully saturated rings. The SMILES string of the molecule is COC1CCC(C2NC(CSC3NNC(C4CC4)N3C3CC3)CS2)CC1. The molecule has 3 N–H and O–H groups in total. The molecule has 5 nitrogen and oxygen atoms in total. The second kappa shape index (κ2) is 8.09. The average Bonchev–Trinajstić information content (AvgIpc) is 3.61. The lowest BCUT2D eigenvalue weighted by Crippen LogP contribution is -2.42. The third kappa shape index (κ3) is 4.09. The molecule has 3 saturated carbocycles. The Morgan fingerprint density at radius 1 is 1.00 bits per heavy atom. The van der Waals surface area contributed by atoms with Crippen LogP contribution in [0.4, 0.5) is 0 Å². The van der Waals surface area contributed by atoms with E-state index in [1.165, 1.54) is 62.9 Å². The Hall–Kier alpha value is 0.500. The summed E-state index contributed by atoms with van der Waals surface area (Å²) in [7, 11) is 1.87. The highest BCUT2D eigenvalue weighted by Crippen LogP contribution is 2.43. The summed E-state index contributed by atoms with van der Waals surface area (Å²) in [5, 5.41) is 4.63. The van der Waals surface area contributed by atoms with E-state index in [1.54, 1.807) is 0 Å². The quantitative estimate of drug-likeness (QED) is 0.609. The molecule has 3 aliphatic carbocycles. The molecule has 5 rings (SSSR count). The molecular weight excluding hydrogens is 364 g/mol. The summed E-state index contributed by atoms with van der Waals surface area (Å²) in [4.78, 5) is 2.76. The minimum Gasteiger partial charge on any atom is -0.381 e. The number of ether oxygens (including phenoxy) is 1. The number of hydrogen-bond donors (Lipinski definition) is 3. The topological polar surface area (TPSA) is 48.6 Å². The Bertz CT molecular complexity index is 482. The summed E-state index contributed by atoms with van der Waals surface area (Å²) in [5.41, 5.74) is 7.67. The van der Waals surface area contributed by atoms with Crippen LogP contribution in [0.15, 0.2) is 0 Å². The fourth-order valence-corrected chi connectivity index (χ4v) is 7.79. The van der Waals surface area contributed by atoms with Crippen LogP contribution in [0.2, 0.25) is 0 Å². The molecule has 148 valence electrons. The summed E-state index contributed by atoms with van der Waals surface area (Å²) in [6, 6.07) is 1.49. The Balaban J connectivity index is 1.08. The van der Waals surface area contributed by atoms with E-state index in [-0.39, 0.29) is 0 Å². The number of nitrogens with zero attached hydrogens (tertiary/aromatic N) is 1. The molecule has 4 unspecified atom stereocenters. The molecule has 7 heteroatoms. The lowest BCUT2D eigenvalue weighted by molar-refractivity contribution is 0.0553. The zero-order valence-electron chi connectivity index (χ0n) is 15.9. The summed E-state index contributed by atoms with van der Waals surface area (Å²) < 4.78 is 5.53. The number of rotatable bonds is 7. The standard InChI is InChI=1S/C19H34N4OS2/c1-24-16-8-4-13(5-9-16)18-20-14(10-25-18)11-26-19-22-21-17(12-2-3-12)23(19)15-6-7-15/h12-22H,2-11H2,1H3. The molecule has 0 amide bonds. The summed E-state index contributed by atoms with van der Waals surface area (Å²) >= 11 is 4.28. The maximum atomic E-state index is 5.53. The van der Waals surface area contributed by atoms with Crippen molar-refractivity contribution in [1.29, 1.82) is 0 Å². The number of hydrazine groups is 1. The zero-order chi connectivity index (χ0) is 17.5. The van der Waals surface area contributed by atoms with Gasteiger partial charge >= 0.3 is 0 Å². The Kier molecular flexibility index (Phi) is 5.76. The van der Waals surface area contributed by atoms with E-state index >= 15 is 0 Å². The van der Waals surface area contributed by atoms with Crippen LogP contribution < -0.4 is 16.2 Å². The van der Waals surface area contributed by atoms with Gasteiger partial charge in [-0.25, -0.2) is 10.9 Å². The zero-order valence-corrected chi connectivity index (χ0v) is 17.5. The molecular formula is C19H34N4OS2. The van der Waals surface area contributed by atoms with Gasteiger partial charge in [-0.15, -0.1) is 23.5 Å². The van der Waals surface area contributed by atoms with Gasteiger partial charge < -0.3 is 10.1 Å². The van der Waals surface area contributed by atoms with Crippen molar-refractivity contribution in [2.24, 2.45) is 11.8 Å². The average molecular weight is 399 g/mol. The summed E-state index contributed by atoms with van der Waals surface area (Å²) in [6.07, 6.45) is 11.9. The van der Waals surface area contributed by atoms with Gasteiger partial charge in [-0.3, -0.25) is 4.90 Å². The first kappa shape index (κ1) is 18.5. The van der Waals surface area contributed by atoms with Crippen LogP contribution >= 0.6 is 23.5 Å². The first-order valence-electron chi connectivity index (χ1n) is 10.6. The van der Waals surface area contributed by atoms with Gasteiger partial charge in [-0.1, -0.05) is 0 Å². The van der Waals surface area contributed by atoms with E-state index in [0.717, 1.165) is 17.9 Å². The van der Waals surface area contributed by atoms with Gasteiger partial charge in [0.15, 0.2) is 0 Å². The predicted octanol–water partition coefficient (Wildman–Crippen LogP) is 2.55. The molecule has 0 spiro atoms. The van der Waals surface area contributed by atoms with E-state index in [0.29, 0.717) is 29.2 Å². The predicted molar refractivity (Wildman–Crippen MR) is 110 cm³/mol. The maximum Gasteiger partial charge on any atom is 0.122 e. The van der Waals surface area contributed by atoms with Gasteiger partial charge in [0.2, 0.25) is 0 Å². The van der Waals surface area contributed by atoms with E-state index in [9.17, 15) is 0 Å². The van der Waals surface area contributed by atoms with Crippen LogP contribution in [0.1, 0.15) is 51.4 Å². The molecule has 0 aromatic rings. The Morgan fingerprint density at radius 3 is 2.46 bits per heavy atom. The highest BCUT2D eigenvalue weighted by Gasteiger charge is 2.48. The van der Waals surface area contributed by atoms with Crippen molar-refractivity contribution in [2.45, 2.75) is 86.6 Å². The van der Waals surface area contributed by atoms with Gasteiger partial charge in [0.1, 0.15) is 5.50 Å². The van der Waals surface area contributed by atoms with Crippen molar-refractivity contribution in [2.75, 3.05) is 18.6 Å². The third-order valence-corrected chi connectivity index (χ3v) is 9.54. The Morgan fingerprint density at radius 2 is 1.77 bits per heavy atom. The third-order valence-electron chi connectivity index (χ3n) is 6.80. The minimum absolute atomic E-state index is 0.469. The first-order chi connectivity index (χ1) is 12.8. The molecule has 0 aromatic heterocycles. The van der Waals surface area contributed by atoms with Crippen LogP contribution in [-0.4, -0.2) is 58.7 Å². The van der Waals surface area contributed by atoms with E-state index in [4.69, 9.17) is 4.74 Å². The Labute approximate surface area is 166 Å². The first-order valence-corrected chi connectivity index (χ1v) is 12.7. The monoisotopic (exact) mass is 398 g/mol. The largest absolute Gasteiger partial charge is 0.381 e. The number of hydrogen-bond acceptors (Lipinski definition) is 7. The fourth-order valence-electron chi connectivity index (χ4n) is 4.89. The molecule has 2 heterocycles. The smallest absolute Gasteiger partial charge is 0.122 e. The van der Waals surface area contributed by atoms with Crippen molar-refractivity contribution in [1.82, 2.24) is 21.1 Å². The summed E-state index contributed by atoms with van der Waals surface area (Å²) in [5.74, 6) is 4.23. The van der Waals surface area contributed by atoms with Gasteiger partial charge in [-0.05, 0) is 63.2 Å². The highest BCUT2D eigenvalue weighted by molar-refractivity contribution is 8.01. The molecule has 5 aliphatic rings. The van der Waals surface area contributed by atoms with Gasteiger partial charge in [0.05, 0.1) is 17.6 Å². The summed E-state index contributed by atoms with van der Waals surface area (Å²) in [6.45, 7) is 0. The van der Waals surface area contributed by atoms with Crippen molar-refractivity contribution in [3.05, 3.63) is 0 Å². The van der Waals surface area contributed by atoms with Gasteiger partial charge in [-0.2, -0.15) is 0 Å². The van der Waals surface area contributed by atoms with Crippen molar-refractivity contribution >= 4 is 23.5 Å². The molecule has 2 aliphatic heterocycles. The van der Waals surface area contributed by atoms with Crippen molar-refractivity contribution in [3.8, 4) is 0 Å². The normalized spacial score (nSPS) is 44.7. The number of nitrogens with one attached hydrogen (secondary N) is 3. The minimum atomic E-state index is 0.469. The lowest BCUT2D eigenvalue weighted by atomic mass is 9.87. The van der Waals surface area contributed by atoms with Crippen molar-refractivity contribution < 1.29 is 4.74 Å². The van der Waals surface area contributed by atoms with E-state index < -0.39 is 0 Å². The van der Waals surface area contributed by atoms with E-state index in [1.807, 2.05) is 7.11 Å². The van der Waals surface area contributed by atoms with E-state index in [2.05, 4.69) is 44.6 Å². The van der Waals surface area contributed by atoms with Gasteiger partial charge in [0.25, 0.3) is 0 Å². The van der Waals surface area contributed by atoms with Crippen LogP contribution in [0.25, 0.3) is 0 Å². The second-order valence-electron chi connectivity index (χ2n) is 8.83. The molecule has 0 bridgehead atoms. The number of methoxy groups -OCH3 is 1. The number of thioether (sulfide) groups is 2. The molecule has 0 radical (unpaired) electrons. The second-order valence-corrected chi connectivity index (χ2v) is 11.1. The van der Waals surface area contributed by atoms with Crippen LogP contribution in [0, 0.1) is 11.8 Å². The molecule has 26 heavy (non-hydrogen) atoms.